The first-order chi connectivity index (χ1) is 10.9. The van der Waals surface area contributed by atoms with Gasteiger partial charge >= 0.3 is 5.97 Å². The number of nitrogens with zero attached hydrogens (tertiary/aromatic N) is 1. The van der Waals surface area contributed by atoms with Crippen molar-refractivity contribution >= 4 is 29.4 Å². The molecule has 23 heavy (non-hydrogen) atoms. The molecule has 0 unspecified atom stereocenters. The number of amides is 2. The number of aryl methyl sites for hydroxylation is 1. The van der Waals surface area contributed by atoms with Gasteiger partial charge in [0.15, 0.2) is 0 Å². The van der Waals surface area contributed by atoms with Gasteiger partial charge in [-0.2, -0.15) is 0 Å². The summed E-state index contributed by atoms with van der Waals surface area (Å²) >= 11 is 5.80. The van der Waals surface area contributed by atoms with Crippen LogP contribution in [0, 0.1) is 0 Å². The van der Waals surface area contributed by atoms with Gasteiger partial charge in [-0.3, -0.25) is 20.4 Å². The summed E-state index contributed by atoms with van der Waals surface area (Å²) in [6.45, 7) is 0. The highest BCUT2D eigenvalue weighted by Crippen LogP contribution is 2.12. The van der Waals surface area contributed by atoms with Crippen molar-refractivity contribution in [3.05, 3.63) is 58.4 Å². The molecule has 2 rings (SSSR count). The maximum Gasteiger partial charge on any atom is 0.337 e. The van der Waals surface area contributed by atoms with Crippen LogP contribution in [0.25, 0.3) is 0 Å². The summed E-state index contributed by atoms with van der Waals surface area (Å²) in [6, 6.07) is 7.41. The third-order valence-corrected chi connectivity index (χ3v) is 3.25. The summed E-state index contributed by atoms with van der Waals surface area (Å²) in [4.78, 5) is 35.4. The predicted octanol–water partition coefficient (Wildman–Crippen LogP) is 1.54. The SMILES string of the molecule is COC(=O)c1cccc(C(=O)NNC(=O)c2cc(Cl)cn2C)c1. The number of methoxy groups -OCH3 is 1. The van der Waals surface area contributed by atoms with Crippen molar-refractivity contribution in [1.29, 1.82) is 0 Å². The van der Waals surface area contributed by atoms with Gasteiger partial charge in [0.05, 0.1) is 17.7 Å². The summed E-state index contributed by atoms with van der Waals surface area (Å²) < 4.78 is 6.12. The number of esters is 1. The number of aromatic nitrogens is 1. The Morgan fingerprint density at radius 3 is 2.35 bits per heavy atom. The van der Waals surface area contributed by atoms with Crippen molar-refractivity contribution in [2.45, 2.75) is 0 Å². The minimum absolute atomic E-state index is 0.207. The van der Waals surface area contributed by atoms with Crippen LogP contribution in [-0.2, 0) is 11.8 Å². The summed E-state index contributed by atoms with van der Waals surface area (Å²) in [6.07, 6.45) is 1.57. The Hall–Kier alpha value is -2.80. The number of hydrazine groups is 1. The van der Waals surface area contributed by atoms with Crippen molar-refractivity contribution in [1.82, 2.24) is 15.4 Å². The lowest BCUT2D eigenvalue weighted by Gasteiger charge is -2.08. The van der Waals surface area contributed by atoms with Gasteiger partial charge in [0, 0.05) is 18.8 Å². The van der Waals surface area contributed by atoms with Crippen LogP contribution in [0.2, 0.25) is 5.02 Å². The van der Waals surface area contributed by atoms with Crippen LogP contribution >= 0.6 is 11.6 Å². The maximum atomic E-state index is 12.0. The van der Waals surface area contributed by atoms with E-state index < -0.39 is 17.8 Å². The molecule has 0 aliphatic heterocycles. The van der Waals surface area contributed by atoms with E-state index in [4.69, 9.17) is 11.6 Å². The van der Waals surface area contributed by atoms with E-state index in [0.29, 0.717) is 10.7 Å². The number of carbonyl (C=O) groups excluding carboxylic acids is 3. The van der Waals surface area contributed by atoms with Gasteiger partial charge in [0.2, 0.25) is 0 Å². The van der Waals surface area contributed by atoms with Crippen molar-refractivity contribution in [3.63, 3.8) is 0 Å². The molecule has 1 heterocycles. The van der Waals surface area contributed by atoms with Gasteiger partial charge in [0.25, 0.3) is 11.8 Å². The number of halogens is 1. The molecule has 0 bridgehead atoms. The van der Waals surface area contributed by atoms with E-state index in [1.54, 1.807) is 19.3 Å². The topological polar surface area (TPSA) is 89.4 Å². The summed E-state index contributed by atoms with van der Waals surface area (Å²) in [5.74, 6) is -1.64. The third-order valence-electron chi connectivity index (χ3n) is 3.04. The second-order valence-electron chi connectivity index (χ2n) is 4.64. The van der Waals surface area contributed by atoms with E-state index >= 15 is 0 Å². The zero-order valence-corrected chi connectivity index (χ0v) is 13.2. The first kappa shape index (κ1) is 16.6. The molecular formula is C15H14ClN3O4. The molecule has 0 radical (unpaired) electrons. The first-order valence-electron chi connectivity index (χ1n) is 6.53. The highest BCUT2D eigenvalue weighted by Gasteiger charge is 2.14. The van der Waals surface area contributed by atoms with Crippen LogP contribution in [0.3, 0.4) is 0 Å². The number of hydrogen-bond acceptors (Lipinski definition) is 4. The van der Waals surface area contributed by atoms with E-state index in [9.17, 15) is 14.4 Å². The molecular weight excluding hydrogens is 322 g/mol. The molecule has 0 saturated carbocycles. The quantitative estimate of drug-likeness (QED) is 0.657. The number of hydrogen-bond donors (Lipinski definition) is 2. The molecule has 0 aliphatic carbocycles. The van der Waals surface area contributed by atoms with Crippen molar-refractivity contribution < 1.29 is 19.1 Å². The van der Waals surface area contributed by atoms with Crippen molar-refractivity contribution in [3.8, 4) is 0 Å². The minimum atomic E-state index is -0.565. The highest BCUT2D eigenvalue weighted by atomic mass is 35.5. The lowest BCUT2D eigenvalue weighted by molar-refractivity contribution is 0.0600. The highest BCUT2D eigenvalue weighted by molar-refractivity contribution is 6.31. The standard InChI is InChI=1S/C15H14ClN3O4/c1-19-8-11(16)7-12(19)14(21)18-17-13(20)9-4-3-5-10(6-9)15(22)23-2/h3-8H,1-2H3,(H,17,20)(H,18,21). The Balaban J connectivity index is 2.04. The zero-order valence-electron chi connectivity index (χ0n) is 12.4. The van der Waals surface area contributed by atoms with Crippen LogP contribution in [0.4, 0.5) is 0 Å². The van der Waals surface area contributed by atoms with E-state index in [2.05, 4.69) is 15.6 Å². The molecule has 1 aromatic carbocycles. The number of ether oxygens (including phenoxy) is 1. The maximum absolute atomic E-state index is 12.0. The Kier molecular flexibility index (Phi) is 5.02. The molecule has 2 amide bonds. The number of benzene rings is 1. The van der Waals surface area contributed by atoms with E-state index in [-0.39, 0.29) is 11.1 Å². The Morgan fingerprint density at radius 1 is 1.09 bits per heavy atom. The molecule has 2 aromatic rings. The summed E-state index contributed by atoms with van der Waals surface area (Å²) in [7, 11) is 2.91. The van der Waals surface area contributed by atoms with Gasteiger partial charge in [-0.05, 0) is 24.3 Å². The van der Waals surface area contributed by atoms with E-state index in [1.807, 2.05) is 0 Å². The molecule has 0 atom stereocenters. The first-order valence-corrected chi connectivity index (χ1v) is 6.91. The molecule has 1 aromatic heterocycles. The fourth-order valence-corrected chi connectivity index (χ4v) is 2.15. The molecule has 0 fully saturated rings. The number of carbonyl (C=O) groups is 3. The second-order valence-corrected chi connectivity index (χ2v) is 5.07. The molecule has 0 spiro atoms. The van der Waals surface area contributed by atoms with Crippen LogP contribution in [-0.4, -0.2) is 29.5 Å². The van der Waals surface area contributed by atoms with E-state index in [1.165, 1.54) is 35.9 Å². The minimum Gasteiger partial charge on any atom is -0.465 e. The summed E-state index contributed by atoms with van der Waals surface area (Å²) in [5, 5.41) is 0.412. The van der Waals surface area contributed by atoms with Crippen molar-refractivity contribution in [2.24, 2.45) is 7.05 Å². The zero-order chi connectivity index (χ0) is 17.0. The lowest BCUT2D eigenvalue weighted by atomic mass is 10.1. The largest absolute Gasteiger partial charge is 0.465 e. The Labute approximate surface area is 137 Å². The fraction of sp³-hybridized carbons (Fsp3) is 0.133. The Morgan fingerprint density at radius 2 is 1.74 bits per heavy atom. The smallest absolute Gasteiger partial charge is 0.337 e. The Bertz CT molecular complexity index is 770. The van der Waals surface area contributed by atoms with Crippen molar-refractivity contribution in [2.75, 3.05) is 7.11 Å². The lowest BCUT2D eigenvalue weighted by Crippen LogP contribution is -2.42. The third kappa shape index (κ3) is 3.89. The molecule has 120 valence electrons. The molecule has 0 saturated heterocycles. The summed E-state index contributed by atoms with van der Waals surface area (Å²) in [5.41, 5.74) is 5.28. The molecule has 0 aliphatic rings. The number of rotatable bonds is 3. The van der Waals surface area contributed by atoms with Gasteiger partial charge in [0.1, 0.15) is 5.69 Å². The molecule has 8 heteroatoms. The predicted molar refractivity (Wildman–Crippen MR) is 83.1 cm³/mol. The van der Waals surface area contributed by atoms with Gasteiger partial charge < -0.3 is 9.30 Å². The van der Waals surface area contributed by atoms with Crippen LogP contribution in [0.5, 0.6) is 0 Å². The second kappa shape index (κ2) is 6.97. The van der Waals surface area contributed by atoms with E-state index in [0.717, 1.165) is 0 Å². The molecule has 2 N–H and O–H groups in total. The molecule has 7 nitrogen and oxygen atoms in total. The number of nitrogens with one attached hydrogen (secondary N) is 2. The van der Waals surface area contributed by atoms with Gasteiger partial charge in [-0.1, -0.05) is 17.7 Å². The monoisotopic (exact) mass is 335 g/mol. The van der Waals surface area contributed by atoms with Crippen LogP contribution in [0.15, 0.2) is 36.5 Å². The average Bonchev–Trinajstić information content (AvgIpc) is 2.90. The van der Waals surface area contributed by atoms with Gasteiger partial charge in [-0.15, -0.1) is 0 Å². The normalized spacial score (nSPS) is 10.0. The van der Waals surface area contributed by atoms with Crippen LogP contribution < -0.4 is 10.9 Å². The van der Waals surface area contributed by atoms with Crippen LogP contribution in [0.1, 0.15) is 31.2 Å². The average molecular weight is 336 g/mol. The fourth-order valence-electron chi connectivity index (χ4n) is 1.90. The van der Waals surface area contributed by atoms with Gasteiger partial charge in [-0.25, -0.2) is 4.79 Å².